The van der Waals surface area contributed by atoms with Crippen LogP contribution >= 0.6 is 0 Å². The topological polar surface area (TPSA) is 17.8 Å². The second-order valence-electron chi connectivity index (χ2n) is 14.6. The van der Waals surface area contributed by atoms with Gasteiger partial charge in [0.2, 0.25) is 0 Å². The molecule has 0 saturated heterocycles. The molecule has 1 unspecified atom stereocenters. The highest BCUT2D eigenvalue weighted by atomic mass is 15.1. The third-order valence-electron chi connectivity index (χ3n) is 11.6. The van der Waals surface area contributed by atoms with E-state index in [-0.39, 0.29) is 5.92 Å². The van der Waals surface area contributed by atoms with Crippen LogP contribution in [0.1, 0.15) is 17.5 Å². The first-order valence-electron chi connectivity index (χ1n) is 19.2. The lowest BCUT2D eigenvalue weighted by Gasteiger charge is -2.32. The van der Waals surface area contributed by atoms with E-state index in [1.807, 2.05) is 0 Å². The molecular weight excluding hydrogens is 665 g/mol. The first-order chi connectivity index (χ1) is 27.3. The van der Waals surface area contributed by atoms with Crippen LogP contribution in [0.15, 0.2) is 206 Å². The molecule has 0 aliphatic heterocycles. The number of nitrogens with zero attached hydrogens (tertiary/aromatic N) is 2. The van der Waals surface area contributed by atoms with Crippen LogP contribution in [0, 0.1) is 5.92 Å². The summed E-state index contributed by atoms with van der Waals surface area (Å²) in [5, 5.41) is 7.71. The van der Waals surface area contributed by atoms with Crippen molar-refractivity contribution in [2.75, 3.05) is 0 Å². The Bertz CT molecular complexity index is 3150. The van der Waals surface area contributed by atoms with E-state index in [4.69, 9.17) is 4.98 Å². The molecule has 258 valence electrons. The maximum absolute atomic E-state index is 5.13. The molecule has 9 aromatic rings. The van der Waals surface area contributed by atoms with Gasteiger partial charge in [0.05, 0.1) is 11.0 Å². The lowest BCUT2D eigenvalue weighted by atomic mass is 9.71. The van der Waals surface area contributed by atoms with E-state index in [0.29, 0.717) is 0 Å². The molecule has 0 fully saturated rings. The van der Waals surface area contributed by atoms with Gasteiger partial charge in [-0.25, -0.2) is 4.98 Å². The van der Waals surface area contributed by atoms with Gasteiger partial charge in [0.25, 0.3) is 0 Å². The molecule has 0 saturated carbocycles. The molecule has 2 nitrogen and oxygen atoms in total. The summed E-state index contributed by atoms with van der Waals surface area (Å²) in [4.78, 5) is 5.13. The minimum absolute atomic E-state index is 0.242. The first-order valence-corrected chi connectivity index (χ1v) is 19.2. The highest BCUT2D eigenvalue weighted by molar-refractivity contribution is 6.02. The summed E-state index contributed by atoms with van der Waals surface area (Å²) in [5.74, 6) is 1.18. The van der Waals surface area contributed by atoms with Crippen LogP contribution in [-0.2, 0) is 0 Å². The Morgan fingerprint density at radius 2 is 1.15 bits per heavy atom. The Kier molecular flexibility index (Phi) is 7.34. The Hall–Kier alpha value is -7.03. The highest BCUT2D eigenvalue weighted by Gasteiger charge is 2.30. The van der Waals surface area contributed by atoms with Crippen LogP contribution in [-0.4, -0.2) is 9.55 Å². The van der Waals surface area contributed by atoms with Crippen molar-refractivity contribution in [3.63, 3.8) is 0 Å². The number of imidazole rings is 1. The van der Waals surface area contributed by atoms with Gasteiger partial charge < -0.3 is 0 Å². The molecule has 0 amide bonds. The molecule has 0 N–H and O–H groups in total. The number of hydrogen-bond donors (Lipinski definition) is 0. The van der Waals surface area contributed by atoms with E-state index in [2.05, 4.69) is 205 Å². The quantitative estimate of drug-likeness (QED) is 0.175. The van der Waals surface area contributed by atoms with Crippen molar-refractivity contribution in [3.8, 4) is 28.2 Å². The van der Waals surface area contributed by atoms with E-state index >= 15 is 0 Å². The molecule has 2 heteroatoms. The maximum Gasteiger partial charge on any atom is 0.145 e. The summed E-state index contributed by atoms with van der Waals surface area (Å²) in [6, 6.07) is 66.2. The van der Waals surface area contributed by atoms with Gasteiger partial charge >= 0.3 is 0 Å². The number of hydrogen-bond acceptors (Lipinski definition) is 1. The number of para-hydroxylation sites is 3. The van der Waals surface area contributed by atoms with Crippen molar-refractivity contribution in [1.29, 1.82) is 0 Å². The number of aromatic nitrogens is 2. The number of rotatable bonds is 5. The number of fused-ring (bicyclic) bond motifs is 5. The third-order valence-corrected chi connectivity index (χ3v) is 11.6. The summed E-state index contributed by atoms with van der Waals surface area (Å²) >= 11 is 0. The smallest absolute Gasteiger partial charge is 0.145 e. The van der Waals surface area contributed by atoms with Crippen LogP contribution in [0.4, 0.5) is 0 Å². The normalized spacial score (nSPS) is 15.0. The fourth-order valence-corrected chi connectivity index (χ4v) is 9.08. The summed E-state index contributed by atoms with van der Waals surface area (Å²) in [6.07, 6.45) is 7.94. The Labute approximate surface area is 320 Å². The summed E-state index contributed by atoms with van der Waals surface area (Å²) in [7, 11) is 0. The van der Waals surface area contributed by atoms with Crippen LogP contribution in [0.3, 0.4) is 0 Å². The van der Waals surface area contributed by atoms with Gasteiger partial charge in [-0.3, -0.25) is 4.57 Å². The largest absolute Gasteiger partial charge is 0.292 e. The summed E-state index contributed by atoms with van der Waals surface area (Å²) in [6.45, 7) is 0. The average molecular weight is 701 g/mol. The monoisotopic (exact) mass is 700 g/mol. The SMILES string of the molecule is C1=CCC2C(=C1)C(c1cccc3ccccc13)=c1cc(-c3ccc(-c4nc5ccccc5n4-c4ccccc4)cc3)ccc1=C2c1cccc2ccccc12. The first kappa shape index (κ1) is 31.5. The molecule has 11 rings (SSSR count). The van der Waals surface area contributed by atoms with E-state index in [9.17, 15) is 0 Å². The van der Waals surface area contributed by atoms with Gasteiger partial charge in [0.1, 0.15) is 5.82 Å². The number of allylic oxidation sites excluding steroid dienone is 4. The Balaban J connectivity index is 1.16. The third kappa shape index (κ3) is 5.14. The predicted molar refractivity (Wildman–Crippen MR) is 229 cm³/mol. The van der Waals surface area contributed by atoms with Gasteiger partial charge in [-0.1, -0.05) is 170 Å². The molecule has 55 heavy (non-hydrogen) atoms. The van der Waals surface area contributed by atoms with Crippen molar-refractivity contribution in [3.05, 3.63) is 227 Å². The van der Waals surface area contributed by atoms with Crippen LogP contribution in [0.25, 0.3) is 71.9 Å². The fourth-order valence-electron chi connectivity index (χ4n) is 9.08. The second-order valence-corrected chi connectivity index (χ2v) is 14.6. The zero-order chi connectivity index (χ0) is 36.3. The molecule has 1 atom stereocenters. The summed E-state index contributed by atoms with van der Waals surface area (Å²) in [5.41, 5.74) is 13.4. The minimum atomic E-state index is 0.242. The predicted octanol–water partition coefficient (Wildman–Crippen LogP) is 11.6. The zero-order valence-electron chi connectivity index (χ0n) is 30.2. The summed E-state index contributed by atoms with van der Waals surface area (Å²) < 4.78 is 2.27. The Morgan fingerprint density at radius 1 is 0.509 bits per heavy atom. The minimum Gasteiger partial charge on any atom is -0.292 e. The second kappa shape index (κ2) is 12.8. The average Bonchev–Trinajstić information content (AvgIpc) is 3.65. The molecule has 8 aromatic carbocycles. The van der Waals surface area contributed by atoms with Crippen molar-refractivity contribution in [2.24, 2.45) is 5.92 Å². The molecule has 0 radical (unpaired) electrons. The number of benzene rings is 8. The van der Waals surface area contributed by atoms with Crippen LogP contribution in [0.5, 0.6) is 0 Å². The zero-order valence-corrected chi connectivity index (χ0v) is 30.2. The molecule has 2 aliphatic rings. The van der Waals surface area contributed by atoms with Gasteiger partial charge in [0, 0.05) is 17.2 Å². The maximum atomic E-state index is 5.13. The fraction of sp³-hybridized carbons (Fsp3) is 0.0377. The molecule has 2 aliphatic carbocycles. The molecule has 1 heterocycles. The lowest BCUT2D eigenvalue weighted by Crippen LogP contribution is -2.38. The van der Waals surface area contributed by atoms with E-state index < -0.39 is 0 Å². The highest BCUT2D eigenvalue weighted by Crippen LogP contribution is 2.43. The molecular formula is C53H36N2. The van der Waals surface area contributed by atoms with E-state index in [0.717, 1.165) is 34.5 Å². The van der Waals surface area contributed by atoms with Gasteiger partial charge in [-0.05, 0) is 108 Å². The van der Waals surface area contributed by atoms with Gasteiger partial charge in [0.15, 0.2) is 0 Å². The van der Waals surface area contributed by atoms with Crippen molar-refractivity contribution in [1.82, 2.24) is 9.55 Å². The van der Waals surface area contributed by atoms with Gasteiger partial charge in [-0.2, -0.15) is 0 Å². The van der Waals surface area contributed by atoms with E-state index in [1.165, 1.54) is 71.0 Å². The Morgan fingerprint density at radius 3 is 1.95 bits per heavy atom. The molecule has 1 aromatic heterocycles. The standard InChI is InChI=1S/C53H36N2/c1-2-18-40(19-3-1)55-50-27-11-10-26-49(50)54-53(55)38-30-28-35(29-31-38)39-32-33-47-48(34-39)52(44-25-13-17-37-15-5-7-21-42(37)44)46-23-9-8-22-45(46)51(47)43-24-12-16-36-14-4-6-20-41(36)43/h1-21,23-34,45H,22H2. The van der Waals surface area contributed by atoms with Crippen molar-refractivity contribution < 1.29 is 0 Å². The van der Waals surface area contributed by atoms with Crippen LogP contribution < -0.4 is 10.4 Å². The van der Waals surface area contributed by atoms with Gasteiger partial charge in [-0.15, -0.1) is 0 Å². The van der Waals surface area contributed by atoms with Crippen molar-refractivity contribution >= 4 is 43.7 Å². The van der Waals surface area contributed by atoms with E-state index in [1.54, 1.807) is 0 Å². The van der Waals surface area contributed by atoms with Crippen molar-refractivity contribution in [2.45, 2.75) is 6.42 Å². The molecule has 0 bridgehead atoms. The van der Waals surface area contributed by atoms with Crippen LogP contribution in [0.2, 0.25) is 0 Å². The lowest BCUT2D eigenvalue weighted by molar-refractivity contribution is 0.799. The molecule has 0 spiro atoms.